The molecule has 3 heteroatoms. The Morgan fingerprint density at radius 2 is 1.61 bits per heavy atom. The third kappa shape index (κ3) is 2.61. The summed E-state index contributed by atoms with van der Waals surface area (Å²) >= 11 is 0. The van der Waals surface area contributed by atoms with Crippen molar-refractivity contribution in [2.45, 2.75) is 32.6 Å². The molecule has 0 aliphatic heterocycles. The van der Waals surface area contributed by atoms with Crippen LogP contribution in [-0.2, 0) is 0 Å². The molecular formula is C15H18O3. The minimum absolute atomic E-state index is 0.0000926. The SMILES string of the molecule is CC1CCC(C(=O)c2ccccc2C(=O)O)CC1. The Hall–Kier alpha value is -1.64. The first-order valence-electron chi connectivity index (χ1n) is 6.46. The number of benzene rings is 1. The lowest BCUT2D eigenvalue weighted by Gasteiger charge is -2.25. The zero-order valence-corrected chi connectivity index (χ0v) is 10.6. The van der Waals surface area contributed by atoms with E-state index in [4.69, 9.17) is 5.11 Å². The van der Waals surface area contributed by atoms with Crippen molar-refractivity contribution in [2.24, 2.45) is 11.8 Å². The van der Waals surface area contributed by atoms with Crippen molar-refractivity contribution in [3.05, 3.63) is 35.4 Å². The zero-order valence-electron chi connectivity index (χ0n) is 10.6. The molecule has 0 aromatic heterocycles. The number of carboxylic acid groups (broad SMARTS) is 1. The number of rotatable bonds is 3. The van der Waals surface area contributed by atoms with E-state index >= 15 is 0 Å². The summed E-state index contributed by atoms with van der Waals surface area (Å²) in [5.41, 5.74) is 0.491. The van der Waals surface area contributed by atoms with Crippen molar-refractivity contribution in [1.82, 2.24) is 0 Å². The van der Waals surface area contributed by atoms with Crippen molar-refractivity contribution in [2.75, 3.05) is 0 Å². The van der Waals surface area contributed by atoms with Gasteiger partial charge in [-0.1, -0.05) is 38.0 Å². The molecule has 3 nitrogen and oxygen atoms in total. The van der Waals surface area contributed by atoms with Crippen molar-refractivity contribution in [1.29, 1.82) is 0 Å². The highest BCUT2D eigenvalue weighted by Crippen LogP contribution is 2.31. The highest BCUT2D eigenvalue weighted by Gasteiger charge is 2.27. The van der Waals surface area contributed by atoms with E-state index < -0.39 is 5.97 Å². The lowest BCUT2D eigenvalue weighted by molar-refractivity contribution is 0.0688. The smallest absolute Gasteiger partial charge is 0.336 e. The van der Waals surface area contributed by atoms with Gasteiger partial charge in [-0.2, -0.15) is 0 Å². The minimum Gasteiger partial charge on any atom is -0.478 e. The molecule has 1 aromatic rings. The fraction of sp³-hybridized carbons (Fsp3) is 0.467. The normalized spacial score (nSPS) is 23.6. The van der Waals surface area contributed by atoms with Crippen LogP contribution in [0.4, 0.5) is 0 Å². The Labute approximate surface area is 107 Å². The molecule has 0 unspecified atom stereocenters. The Morgan fingerprint density at radius 1 is 1.06 bits per heavy atom. The quantitative estimate of drug-likeness (QED) is 0.832. The Bertz CT molecular complexity index is 457. The Balaban J connectivity index is 2.21. The molecule has 18 heavy (non-hydrogen) atoms. The van der Waals surface area contributed by atoms with Crippen LogP contribution < -0.4 is 0 Å². The number of Topliss-reactive ketones (excluding diaryl/α,β-unsaturated/α-hetero) is 1. The maximum atomic E-state index is 12.4. The maximum Gasteiger partial charge on any atom is 0.336 e. The van der Waals surface area contributed by atoms with Gasteiger partial charge in [0.15, 0.2) is 5.78 Å². The summed E-state index contributed by atoms with van der Waals surface area (Å²) in [5, 5.41) is 9.10. The van der Waals surface area contributed by atoms with E-state index in [0.29, 0.717) is 11.5 Å². The summed E-state index contributed by atoms with van der Waals surface area (Å²) in [6.07, 6.45) is 3.89. The highest BCUT2D eigenvalue weighted by molar-refractivity contribution is 6.06. The monoisotopic (exact) mass is 246 g/mol. The van der Waals surface area contributed by atoms with E-state index in [0.717, 1.165) is 25.7 Å². The molecule has 1 saturated carbocycles. The molecule has 0 saturated heterocycles. The number of ketones is 1. The first kappa shape index (κ1) is 12.8. The second kappa shape index (κ2) is 5.34. The molecule has 0 radical (unpaired) electrons. The molecule has 0 heterocycles. The van der Waals surface area contributed by atoms with E-state index in [1.54, 1.807) is 18.2 Å². The number of carbonyl (C=O) groups excluding carboxylic acids is 1. The first-order chi connectivity index (χ1) is 8.59. The molecule has 1 aliphatic rings. The van der Waals surface area contributed by atoms with Crippen LogP contribution >= 0.6 is 0 Å². The van der Waals surface area contributed by atoms with E-state index in [-0.39, 0.29) is 17.3 Å². The van der Waals surface area contributed by atoms with Gasteiger partial charge >= 0.3 is 5.97 Å². The van der Waals surface area contributed by atoms with Crippen LogP contribution in [-0.4, -0.2) is 16.9 Å². The Morgan fingerprint density at radius 3 is 2.17 bits per heavy atom. The van der Waals surface area contributed by atoms with E-state index in [1.807, 2.05) is 0 Å². The molecule has 1 N–H and O–H groups in total. The molecule has 96 valence electrons. The number of carbonyl (C=O) groups is 2. The van der Waals surface area contributed by atoms with Gasteiger partial charge < -0.3 is 5.11 Å². The molecule has 0 amide bonds. The van der Waals surface area contributed by atoms with Crippen LogP contribution in [0.25, 0.3) is 0 Å². The molecule has 2 rings (SSSR count). The van der Waals surface area contributed by atoms with Crippen molar-refractivity contribution in [3.63, 3.8) is 0 Å². The standard InChI is InChI=1S/C15H18O3/c1-10-6-8-11(9-7-10)14(16)12-4-2-3-5-13(12)15(17)18/h2-5,10-11H,6-9H2,1H3,(H,17,18). The lowest BCUT2D eigenvalue weighted by Crippen LogP contribution is -2.22. The minimum atomic E-state index is -1.02. The second-order valence-corrected chi connectivity index (χ2v) is 5.17. The van der Waals surface area contributed by atoms with Gasteiger partial charge in [0.05, 0.1) is 5.56 Å². The average molecular weight is 246 g/mol. The van der Waals surface area contributed by atoms with E-state index in [2.05, 4.69) is 6.92 Å². The van der Waals surface area contributed by atoms with E-state index in [9.17, 15) is 9.59 Å². The van der Waals surface area contributed by atoms with Gasteiger partial charge in [-0.05, 0) is 24.8 Å². The van der Waals surface area contributed by atoms with Crippen LogP contribution in [0, 0.1) is 11.8 Å². The van der Waals surface area contributed by atoms with Gasteiger partial charge in [0, 0.05) is 11.5 Å². The lowest BCUT2D eigenvalue weighted by atomic mass is 9.79. The Kier molecular flexibility index (Phi) is 3.80. The topological polar surface area (TPSA) is 54.4 Å². The largest absolute Gasteiger partial charge is 0.478 e. The van der Waals surface area contributed by atoms with Crippen molar-refractivity contribution >= 4 is 11.8 Å². The summed E-state index contributed by atoms with van der Waals surface area (Å²) in [7, 11) is 0. The predicted molar refractivity (Wildman–Crippen MR) is 68.9 cm³/mol. The van der Waals surface area contributed by atoms with E-state index in [1.165, 1.54) is 6.07 Å². The number of hydrogen-bond acceptors (Lipinski definition) is 2. The van der Waals surface area contributed by atoms with Gasteiger partial charge in [-0.25, -0.2) is 4.79 Å². The molecule has 1 aliphatic carbocycles. The van der Waals surface area contributed by atoms with Gasteiger partial charge in [-0.15, -0.1) is 0 Å². The van der Waals surface area contributed by atoms with Crippen LogP contribution in [0.15, 0.2) is 24.3 Å². The van der Waals surface area contributed by atoms with Crippen molar-refractivity contribution < 1.29 is 14.7 Å². The third-order valence-corrected chi connectivity index (χ3v) is 3.81. The summed E-state index contributed by atoms with van der Waals surface area (Å²) in [6, 6.07) is 6.51. The molecule has 0 bridgehead atoms. The molecule has 1 aromatic carbocycles. The molecular weight excluding hydrogens is 228 g/mol. The number of carboxylic acids is 1. The van der Waals surface area contributed by atoms with Crippen LogP contribution in [0.3, 0.4) is 0 Å². The van der Waals surface area contributed by atoms with Gasteiger partial charge in [-0.3, -0.25) is 4.79 Å². The maximum absolute atomic E-state index is 12.4. The number of aromatic carboxylic acids is 1. The molecule has 0 atom stereocenters. The van der Waals surface area contributed by atoms with Crippen molar-refractivity contribution in [3.8, 4) is 0 Å². The van der Waals surface area contributed by atoms with Crippen LogP contribution in [0.5, 0.6) is 0 Å². The summed E-state index contributed by atoms with van der Waals surface area (Å²) in [5.74, 6) is -0.339. The van der Waals surface area contributed by atoms with Gasteiger partial charge in [0.25, 0.3) is 0 Å². The average Bonchev–Trinajstić information content (AvgIpc) is 2.39. The first-order valence-corrected chi connectivity index (χ1v) is 6.46. The van der Waals surface area contributed by atoms with Gasteiger partial charge in [0.1, 0.15) is 0 Å². The summed E-state index contributed by atoms with van der Waals surface area (Å²) in [4.78, 5) is 23.5. The highest BCUT2D eigenvalue weighted by atomic mass is 16.4. The second-order valence-electron chi connectivity index (χ2n) is 5.17. The predicted octanol–water partition coefficient (Wildman–Crippen LogP) is 3.39. The summed E-state index contributed by atoms with van der Waals surface area (Å²) in [6.45, 7) is 2.20. The fourth-order valence-corrected chi connectivity index (χ4v) is 2.63. The number of hydrogen-bond donors (Lipinski definition) is 1. The summed E-state index contributed by atoms with van der Waals surface area (Å²) < 4.78 is 0. The zero-order chi connectivity index (χ0) is 13.1. The molecule has 1 fully saturated rings. The van der Waals surface area contributed by atoms with Gasteiger partial charge in [0.2, 0.25) is 0 Å². The van der Waals surface area contributed by atoms with Crippen LogP contribution in [0.1, 0.15) is 53.3 Å². The van der Waals surface area contributed by atoms with Crippen LogP contribution in [0.2, 0.25) is 0 Å². The third-order valence-electron chi connectivity index (χ3n) is 3.81. The fourth-order valence-electron chi connectivity index (χ4n) is 2.63. The molecule has 0 spiro atoms.